The lowest BCUT2D eigenvalue weighted by molar-refractivity contribution is 0.101. The molecule has 1 aliphatic heterocycles. The van der Waals surface area contributed by atoms with Crippen LogP contribution >= 0.6 is 11.6 Å². The molecule has 0 aliphatic carbocycles. The van der Waals surface area contributed by atoms with Gasteiger partial charge in [0.1, 0.15) is 0 Å². The Labute approximate surface area is 140 Å². The van der Waals surface area contributed by atoms with Gasteiger partial charge in [0.15, 0.2) is 5.78 Å². The van der Waals surface area contributed by atoms with Crippen LogP contribution in [0.2, 0.25) is 5.02 Å². The first-order chi connectivity index (χ1) is 10.9. The van der Waals surface area contributed by atoms with Crippen LogP contribution in [-0.2, 0) is 16.4 Å². The molecule has 0 radical (unpaired) electrons. The summed E-state index contributed by atoms with van der Waals surface area (Å²) in [7, 11) is -3.65. The van der Waals surface area contributed by atoms with E-state index in [0.29, 0.717) is 22.8 Å². The Balaban J connectivity index is 2.02. The molecular formula is C17H16ClNO3S. The van der Waals surface area contributed by atoms with Gasteiger partial charge in [0, 0.05) is 17.1 Å². The quantitative estimate of drug-likeness (QED) is 0.794. The minimum Gasteiger partial charge on any atom is -0.295 e. The van der Waals surface area contributed by atoms with Gasteiger partial charge in [-0.05, 0) is 55.7 Å². The Morgan fingerprint density at radius 1 is 1.13 bits per heavy atom. The molecule has 0 saturated heterocycles. The van der Waals surface area contributed by atoms with Gasteiger partial charge in [0.2, 0.25) is 0 Å². The Kier molecular flexibility index (Phi) is 4.17. The third-order valence-corrected chi connectivity index (χ3v) is 6.03. The number of anilines is 1. The molecule has 0 saturated carbocycles. The highest BCUT2D eigenvalue weighted by Crippen LogP contribution is 2.33. The molecule has 2 aromatic rings. The monoisotopic (exact) mass is 349 g/mol. The zero-order chi connectivity index (χ0) is 16.6. The maximum absolute atomic E-state index is 12.9. The van der Waals surface area contributed by atoms with Crippen molar-refractivity contribution in [2.75, 3.05) is 10.8 Å². The van der Waals surface area contributed by atoms with Crippen LogP contribution in [0.15, 0.2) is 47.4 Å². The molecule has 0 atom stereocenters. The van der Waals surface area contributed by atoms with Crippen LogP contribution in [0.5, 0.6) is 0 Å². The minimum atomic E-state index is -3.65. The van der Waals surface area contributed by atoms with Gasteiger partial charge in [0.05, 0.1) is 10.6 Å². The summed E-state index contributed by atoms with van der Waals surface area (Å²) in [6.07, 6.45) is 1.56. The average Bonchev–Trinajstić information content (AvgIpc) is 2.54. The van der Waals surface area contributed by atoms with E-state index in [1.807, 2.05) is 6.07 Å². The third kappa shape index (κ3) is 2.99. The molecule has 0 N–H and O–H groups in total. The molecule has 0 fully saturated rings. The number of hydrogen-bond donors (Lipinski definition) is 0. The van der Waals surface area contributed by atoms with E-state index in [1.165, 1.54) is 23.4 Å². The van der Waals surface area contributed by atoms with Crippen LogP contribution in [-0.4, -0.2) is 20.7 Å². The zero-order valence-corrected chi connectivity index (χ0v) is 14.2. The first-order valence-electron chi connectivity index (χ1n) is 7.32. The van der Waals surface area contributed by atoms with E-state index < -0.39 is 10.0 Å². The summed E-state index contributed by atoms with van der Waals surface area (Å²) in [4.78, 5) is 11.5. The van der Waals surface area contributed by atoms with Crippen LogP contribution in [0.3, 0.4) is 0 Å². The number of ketones is 1. The predicted molar refractivity (Wildman–Crippen MR) is 90.8 cm³/mol. The first kappa shape index (κ1) is 16.0. The summed E-state index contributed by atoms with van der Waals surface area (Å²) in [5.74, 6) is -0.0908. The van der Waals surface area contributed by atoms with Crippen molar-refractivity contribution in [2.24, 2.45) is 0 Å². The number of carbonyl (C=O) groups excluding carboxylic acids is 1. The van der Waals surface area contributed by atoms with Crippen LogP contribution < -0.4 is 4.31 Å². The van der Waals surface area contributed by atoms with Crippen molar-refractivity contribution >= 4 is 33.1 Å². The smallest absolute Gasteiger partial charge is 0.264 e. The summed E-state index contributed by atoms with van der Waals surface area (Å²) in [5.41, 5.74) is 2.11. The second-order valence-corrected chi connectivity index (χ2v) is 7.83. The summed E-state index contributed by atoms with van der Waals surface area (Å²) >= 11 is 6.00. The lowest BCUT2D eigenvalue weighted by Gasteiger charge is -2.30. The number of carbonyl (C=O) groups is 1. The fourth-order valence-electron chi connectivity index (χ4n) is 2.77. The molecule has 1 aliphatic rings. The number of Topliss-reactive ketones (excluding diaryl/α,β-unsaturated/α-hetero) is 1. The number of nitrogens with zero attached hydrogens (tertiary/aromatic N) is 1. The molecule has 0 unspecified atom stereocenters. The fraction of sp³-hybridized carbons (Fsp3) is 0.235. The van der Waals surface area contributed by atoms with Gasteiger partial charge in [-0.1, -0.05) is 23.7 Å². The van der Waals surface area contributed by atoms with Crippen molar-refractivity contribution < 1.29 is 13.2 Å². The highest BCUT2D eigenvalue weighted by atomic mass is 35.5. The van der Waals surface area contributed by atoms with Crippen molar-refractivity contribution in [1.29, 1.82) is 0 Å². The van der Waals surface area contributed by atoms with Gasteiger partial charge in [0.25, 0.3) is 10.0 Å². The number of halogens is 1. The number of fused-ring (bicyclic) bond motifs is 1. The molecule has 0 aromatic heterocycles. The Bertz CT molecular complexity index is 860. The lowest BCUT2D eigenvalue weighted by Crippen LogP contribution is -2.35. The predicted octanol–water partition coefficient (Wildman–Crippen LogP) is 3.68. The fourth-order valence-corrected chi connectivity index (χ4v) is 4.51. The van der Waals surface area contributed by atoms with Gasteiger partial charge >= 0.3 is 0 Å². The molecule has 0 spiro atoms. The molecular weight excluding hydrogens is 334 g/mol. The van der Waals surface area contributed by atoms with Gasteiger partial charge < -0.3 is 0 Å². The highest BCUT2D eigenvalue weighted by Gasteiger charge is 2.29. The van der Waals surface area contributed by atoms with Crippen LogP contribution in [0.25, 0.3) is 0 Å². The van der Waals surface area contributed by atoms with Crippen molar-refractivity contribution in [2.45, 2.75) is 24.7 Å². The van der Waals surface area contributed by atoms with Crippen LogP contribution in [0, 0.1) is 0 Å². The number of hydrogen-bond acceptors (Lipinski definition) is 3. The molecule has 0 amide bonds. The standard InChI is InChI=1S/C17H16ClNO3S/c1-12(20)13-4-7-16(8-5-13)23(21,22)19-10-2-3-14-11-15(18)6-9-17(14)19/h4-9,11H,2-3,10H2,1H3. The Morgan fingerprint density at radius 3 is 2.48 bits per heavy atom. The van der Waals surface area contributed by atoms with Crippen molar-refractivity contribution in [3.05, 3.63) is 58.6 Å². The SMILES string of the molecule is CC(=O)c1ccc(S(=O)(=O)N2CCCc3cc(Cl)ccc32)cc1. The number of aryl methyl sites for hydroxylation is 1. The molecule has 4 nitrogen and oxygen atoms in total. The lowest BCUT2D eigenvalue weighted by atomic mass is 10.0. The molecule has 120 valence electrons. The first-order valence-corrected chi connectivity index (χ1v) is 9.13. The minimum absolute atomic E-state index is 0.0908. The van der Waals surface area contributed by atoms with E-state index in [-0.39, 0.29) is 10.7 Å². The number of sulfonamides is 1. The largest absolute Gasteiger partial charge is 0.295 e. The maximum Gasteiger partial charge on any atom is 0.264 e. The van der Waals surface area contributed by atoms with Gasteiger partial charge in [-0.2, -0.15) is 0 Å². The molecule has 2 aromatic carbocycles. The van der Waals surface area contributed by atoms with Crippen molar-refractivity contribution in [3.8, 4) is 0 Å². The molecule has 0 bridgehead atoms. The van der Waals surface area contributed by atoms with E-state index in [2.05, 4.69) is 0 Å². The summed E-state index contributed by atoms with van der Waals surface area (Å²) in [5, 5.41) is 0.605. The second kappa shape index (κ2) is 5.98. The molecule has 6 heteroatoms. The average molecular weight is 350 g/mol. The maximum atomic E-state index is 12.9. The van der Waals surface area contributed by atoms with Crippen molar-refractivity contribution in [1.82, 2.24) is 0 Å². The van der Waals surface area contributed by atoms with E-state index >= 15 is 0 Å². The highest BCUT2D eigenvalue weighted by molar-refractivity contribution is 7.92. The normalized spacial score (nSPS) is 14.4. The van der Waals surface area contributed by atoms with Crippen LogP contribution in [0.4, 0.5) is 5.69 Å². The molecule has 1 heterocycles. The molecule has 23 heavy (non-hydrogen) atoms. The molecule has 3 rings (SSSR count). The van der Waals surface area contributed by atoms with E-state index in [0.717, 1.165) is 18.4 Å². The van der Waals surface area contributed by atoms with Gasteiger partial charge in [-0.3, -0.25) is 9.10 Å². The Morgan fingerprint density at radius 2 is 1.83 bits per heavy atom. The summed E-state index contributed by atoms with van der Waals surface area (Å²) in [6, 6.07) is 11.3. The summed E-state index contributed by atoms with van der Waals surface area (Å²) < 4.78 is 27.3. The summed E-state index contributed by atoms with van der Waals surface area (Å²) in [6.45, 7) is 1.89. The van der Waals surface area contributed by atoms with E-state index in [9.17, 15) is 13.2 Å². The number of rotatable bonds is 3. The third-order valence-electron chi connectivity index (χ3n) is 3.97. The van der Waals surface area contributed by atoms with Gasteiger partial charge in [-0.15, -0.1) is 0 Å². The van der Waals surface area contributed by atoms with E-state index in [1.54, 1.807) is 24.3 Å². The van der Waals surface area contributed by atoms with Crippen molar-refractivity contribution in [3.63, 3.8) is 0 Å². The zero-order valence-electron chi connectivity index (χ0n) is 12.6. The van der Waals surface area contributed by atoms with Crippen LogP contribution in [0.1, 0.15) is 29.3 Å². The van der Waals surface area contributed by atoms with E-state index in [4.69, 9.17) is 11.6 Å². The Hall–Kier alpha value is -1.85. The van der Waals surface area contributed by atoms with Gasteiger partial charge in [-0.25, -0.2) is 8.42 Å². The second-order valence-electron chi connectivity index (χ2n) is 5.53. The topological polar surface area (TPSA) is 54.5 Å². The number of benzene rings is 2.